The number of cyclic esters (lactones) is 1. The van der Waals surface area contributed by atoms with Crippen molar-refractivity contribution in [3.05, 3.63) is 0 Å². The molecule has 1 aliphatic rings. The zero-order valence-corrected chi connectivity index (χ0v) is 6.39. The van der Waals surface area contributed by atoms with Crippen LogP contribution in [0.4, 0.5) is 4.79 Å². The topological polar surface area (TPSA) is 38.3 Å². The van der Waals surface area contributed by atoms with Gasteiger partial charge in [0.25, 0.3) is 0 Å². The second-order valence-corrected chi connectivity index (χ2v) is 2.73. The van der Waals surface area contributed by atoms with Gasteiger partial charge in [0.1, 0.15) is 0 Å². The fraction of sp³-hybridized carbons (Fsp3) is 0.857. The van der Waals surface area contributed by atoms with Crippen LogP contribution in [-0.2, 0) is 4.74 Å². The van der Waals surface area contributed by atoms with E-state index in [0.717, 1.165) is 6.42 Å². The van der Waals surface area contributed by atoms with Crippen molar-refractivity contribution in [1.29, 1.82) is 0 Å². The third-order valence-electron chi connectivity index (χ3n) is 1.91. The minimum absolute atomic E-state index is 0.273. The lowest BCUT2D eigenvalue weighted by Crippen LogP contribution is -2.46. The van der Waals surface area contributed by atoms with Crippen molar-refractivity contribution >= 4 is 6.09 Å². The van der Waals surface area contributed by atoms with Crippen molar-refractivity contribution in [3.63, 3.8) is 0 Å². The molecular formula is C7H13NO2. The Hall–Kier alpha value is -0.730. The summed E-state index contributed by atoms with van der Waals surface area (Å²) in [5.74, 6) is 0.447. The molecule has 0 bridgehead atoms. The van der Waals surface area contributed by atoms with Gasteiger partial charge < -0.3 is 10.1 Å². The van der Waals surface area contributed by atoms with Gasteiger partial charge in [0.15, 0.2) is 0 Å². The van der Waals surface area contributed by atoms with E-state index in [9.17, 15) is 4.79 Å². The van der Waals surface area contributed by atoms with Crippen molar-refractivity contribution in [3.8, 4) is 0 Å². The van der Waals surface area contributed by atoms with Crippen molar-refractivity contribution in [2.75, 3.05) is 6.61 Å². The first kappa shape index (κ1) is 7.38. The summed E-state index contributed by atoms with van der Waals surface area (Å²) < 4.78 is 4.77. The molecule has 1 amide bonds. The number of hydrogen-bond donors (Lipinski definition) is 1. The summed E-state index contributed by atoms with van der Waals surface area (Å²) in [7, 11) is 0. The molecule has 2 unspecified atom stereocenters. The van der Waals surface area contributed by atoms with E-state index in [1.54, 1.807) is 0 Å². The summed E-state index contributed by atoms with van der Waals surface area (Å²) >= 11 is 0. The van der Waals surface area contributed by atoms with E-state index in [4.69, 9.17) is 4.74 Å². The van der Waals surface area contributed by atoms with Crippen LogP contribution in [0.5, 0.6) is 0 Å². The summed E-state index contributed by atoms with van der Waals surface area (Å²) in [4.78, 5) is 10.6. The number of ether oxygens (including phenoxy) is 1. The molecule has 0 radical (unpaired) electrons. The van der Waals surface area contributed by atoms with E-state index in [1.165, 1.54) is 0 Å². The number of nitrogens with one attached hydrogen (secondary N) is 1. The molecule has 1 aliphatic heterocycles. The first-order valence-corrected chi connectivity index (χ1v) is 3.67. The SMILES string of the molecule is CCC1NC(=O)OCC1C. The molecule has 0 aromatic heterocycles. The van der Waals surface area contributed by atoms with Gasteiger partial charge >= 0.3 is 6.09 Å². The fourth-order valence-corrected chi connectivity index (χ4v) is 1.16. The summed E-state index contributed by atoms with van der Waals surface area (Å²) in [6, 6.07) is 0.307. The summed E-state index contributed by atoms with van der Waals surface area (Å²) in [5, 5.41) is 2.75. The maximum absolute atomic E-state index is 10.6. The second kappa shape index (κ2) is 2.90. The van der Waals surface area contributed by atoms with Crippen molar-refractivity contribution in [2.45, 2.75) is 26.3 Å². The lowest BCUT2D eigenvalue weighted by Gasteiger charge is -2.28. The lowest BCUT2D eigenvalue weighted by atomic mass is 10.00. The Morgan fingerprint density at radius 1 is 1.80 bits per heavy atom. The zero-order valence-electron chi connectivity index (χ0n) is 6.39. The highest BCUT2D eigenvalue weighted by atomic mass is 16.6. The first-order valence-electron chi connectivity index (χ1n) is 3.67. The predicted molar refractivity (Wildman–Crippen MR) is 37.7 cm³/mol. The van der Waals surface area contributed by atoms with Crippen LogP contribution in [0.1, 0.15) is 20.3 Å². The predicted octanol–water partition coefficient (Wildman–Crippen LogP) is 1.14. The number of carbonyl (C=O) groups is 1. The fourth-order valence-electron chi connectivity index (χ4n) is 1.16. The number of amides is 1. The van der Waals surface area contributed by atoms with Crippen LogP contribution in [0.15, 0.2) is 0 Å². The first-order chi connectivity index (χ1) is 4.74. The Labute approximate surface area is 60.7 Å². The quantitative estimate of drug-likeness (QED) is 0.597. The van der Waals surface area contributed by atoms with Crippen molar-refractivity contribution < 1.29 is 9.53 Å². The van der Waals surface area contributed by atoms with Gasteiger partial charge in [-0.15, -0.1) is 0 Å². The van der Waals surface area contributed by atoms with E-state index in [1.807, 2.05) is 0 Å². The van der Waals surface area contributed by atoms with Gasteiger partial charge in [-0.3, -0.25) is 0 Å². The normalized spacial score (nSPS) is 32.8. The maximum Gasteiger partial charge on any atom is 0.407 e. The van der Waals surface area contributed by atoms with Gasteiger partial charge in [0.05, 0.1) is 6.61 Å². The Morgan fingerprint density at radius 3 is 3.00 bits per heavy atom. The van der Waals surface area contributed by atoms with E-state index >= 15 is 0 Å². The molecule has 1 rings (SSSR count). The minimum Gasteiger partial charge on any atom is -0.449 e. The van der Waals surface area contributed by atoms with Gasteiger partial charge in [-0.2, -0.15) is 0 Å². The maximum atomic E-state index is 10.6. The molecule has 58 valence electrons. The highest BCUT2D eigenvalue weighted by Crippen LogP contribution is 2.11. The van der Waals surface area contributed by atoms with Crippen LogP contribution in [0.25, 0.3) is 0 Å². The monoisotopic (exact) mass is 143 g/mol. The highest BCUT2D eigenvalue weighted by molar-refractivity contribution is 5.68. The van der Waals surface area contributed by atoms with Gasteiger partial charge in [0.2, 0.25) is 0 Å². The molecule has 10 heavy (non-hydrogen) atoms. The zero-order chi connectivity index (χ0) is 7.56. The lowest BCUT2D eigenvalue weighted by molar-refractivity contribution is 0.0857. The van der Waals surface area contributed by atoms with Gasteiger partial charge in [0, 0.05) is 12.0 Å². The molecule has 3 nitrogen and oxygen atoms in total. The van der Waals surface area contributed by atoms with Crippen molar-refractivity contribution in [2.24, 2.45) is 5.92 Å². The highest BCUT2D eigenvalue weighted by Gasteiger charge is 2.24. The molecule has 1 fully saturated rings. The molecule has 1 heterocycles. The van der Waals surface area contributed by atoms with Crippen LogP contribution >= 0.6 is 0 Å². The summed E-state index contributed by atoms with van der Waals surface area (Å²) in [6.07, 6.45) is 0.709. The average Bonchev–Trinajstić information content (AvgIpc) is 1.94. The Bertz CT molecular complexity index is 136. The molecule has 0 aromatic rings. The van der Waals surface area contributed by atoms with Gasteiger partial charge in [-0.1, -0.05) is 13.8 Å². The largest absolute Gasteiger partial charge is 0.449 e. The van der Waals surface area contributed by atoms with E-state index < -0.39 is 0 Å². The molecular weight excluding hydrogens is 130 g/mol. The molecule has 2 atom stereocenters. The third-order valence-corrected chi connectivity index (χ3v) is 1.91. The molecule has 0 saturated carbocycles. The minimum atomic E-state index is -0.273. The third kappa shape index (κ3) is 1.40. The number of rotatable bonds is 1. The Kier molecular flexibility index (Phi) is 2.14. The summed E-state index contributed by atoms with van der Waals surface area (Å²) in [6.45, 7) is 4.70. The number of hydrogen-bond acceptors (Lipinski definition) is 2. The molecule has 0 aliphatic carbocycles. The Balaban J connectivity index is 2.45. The van der Waals surface area contributed by atoms with Gasteiger partial charge in [-0.25, -0.2) is 4.79 Å². The van der Waals surface area contributed by atoms with E-state index in [2.05, 4.69) is 19.2 Å². The van der Waals surface area contributed by atoms with Crippen LogP contribution in [0, 0.1) is 5.92 Å². The van der Waals surface area contributed by atoms with Crippen LogP contribution in [0.2, 0.25) is 0 Å². The average molecular weight is 143 g/mol. The smallest absolute Gasteiger partial charge is 0.407 e. The second-order valence-electron chi connectivity index (χ2n) is 2.73. The van der Waals surface area contributed by atoms with Crippen LogP contribution < -0.4 is 5.32 Å². The van der Waals surface area contributed by atoms with E-state index in [0.29, 0.717) is 18.6 Å². The van der Waals surface area contributed by atoms with E-state index in [-0.39, 0.29) is 6.09 Å². The van der Waals surface area contributed by atoms with Crippen molar-refractivity contribution in [1.82, 2.24) is 5.32 Å². The Morgan fingerprint density at radius 2 is 2.50 bits per heavy atom. The van der Waals surface area contributed by atoms with Crippen LogP contribution in [-0.4, -0.2) is 18.7 Å². The number of alkyl carbamates (subject to hydrolysis) is 1. The molecule has 0 aromatic carbocycles. The molecule has 1 saturated heterocycles. The number of carbonyl (C=O) groups excluding carboxylic acids is 1. The molecule has 0 spiro atoms. The summed E-state index contributed by atoms with van der Waals surface area (Å²) in [5.41, 5.74) is 0. The molecule has 3 heteroatoms. The standard InChI is InChI=1S/C7H13NO2/c1-3-6-5(2)4-10-7(9)8-6/h5-6H,3-4H2,1-2H3,(H,8,9). The van der Waals surface area contributed by atoms with Crippen LogP contribution in [0.3, 0.4) is 0 Å². The molecule has 1 N–H and O–H groups in total. The van der Waals surface area contributed by atoms with Gasteiger partial charge in [-0.05, 0) is 6.42 Å².